The number of hydrogen-bond donors (Lipinski definition) is 1. The van der Waals surface area contributed by atoms with Gasteiger partial charge in [0.2, 0.25) is 0 Å². The van der Waals surface area contributed by atoms with Crippen LogP contribution in [0, 0.1) is 0 Å². The van der Waals surface area contributed by atoms with Gasteiger partial charge in [0.05, 0.1) is 14.2 Å². The molecule has 1 aromatic carbocycles. The van der Waals surface area contributed by atoms with Crippen molar-refractivity contribution >= 4 is 11.9 Å². The number of amidine groups is 1. The smallest absolute Gasteiger partial charge is 0.126 e. The number of nitrogens with two attached hydrogens (primary N) is 1. The second kappa shape index (κ2) is 4.26. The number of ether oxygens (including phenoxy) is 2. The maximum Gasteiger partial charge on any atom is 0.126 e. The molecule has 16 heavy (non-hydrogen) atoms. The molecule has 0 saturated heterocycles. The van der Waals surface area contributed by atoms with Crippen molar-refractivity contribution in [2.75, 3.05) is 14.2 Å². The first-order chi connectivity index (χ1) is 7.76. The minimum absolute atomic E-state index is 0.571. The highest BCUT2D eigenvalue weighted by molar-refractivity contribution is 5.87. The van der Waals surface area contributed by atoms with Crippen LogP contribution < -0.4 is 15.2 Å². The van der Waals surface area contributed by atoms with Crippen molar-refractivity contribution in [1.82, 2.24) is 0 Å². The molecular weight excluding hydrogens is 204 g/mol. The molecule has 0 amide bonds. The number of fused-ring (bicyclic) bond motifs is 1. The predicted molar refractivity (Wildman–Crippen MR) is 63.9 cm³/mol. The third kappa shape index (κ3) is 1.74. The first-order valence-corrected chi connectivity index (χ1v) is 4.99. The molecule has 0 radical (unpaired) electrons. The van der Waals surface area contributed by atoms with Gasteiger partial charge < -0.3 is 15.2 Å². The molecule has 1 aliphatic heterocycles. The third-order valence-electron chi connectivity index (χ3n) is 2.55. The van der Waals surface area contributed by atoms with Crippen molar-refractivity contribution in [3.05, 3.63) is 29.5 Å². The summed E-state index contributed by atoms with van der Waals surface area (Å²) < 4.78 is 10.6. The van der Waals surface area contributed by atoms with E-state index in [4.69, 9.17) is 15.2 Å². The molecule has 0 aliphatic carbocycles. The van der Waals surface area contributed by atoms with E-state index in [2.05, 4.69) is 4.99 Å². The molecule has 4 heteroatoms. The zero-order valence-corrected chi connectivity index (χ0v) is 9.36. The Kier molecular flexibility index (Phi) is 2.81. The molecule has 0 unspecified atom stereocenters. The lowest BCUT2D eigenvalue weighted by atomic mass is 10.0. The van der Waals surface area contributed by atoms with Crippen LogP contribution in [0.4, 0.5) is 0 Å². The Balaban J connectivity index is 2.61. The highest BCUT2D eigenvalue weighted by Crippen LogP contribution is 2.32. The second-order valence-electron chi connectivity index (χ2n) is 3.48. The van der Waals surface area contributed by atoms with Gasteiger partial charge in [-0.3, -0.25) is 0 Å². The fourth-order valence-electron chi connectivity index (χ4n) is 1.79. The molecular formula is C12H14N2O2. The Morgan fingerprint density at radius 2 is 1.88 bits per heavy atom. The number of benzene rings is 1. The van der Waals surface area contributed by atoms with Gasteiger partial charge in [-0.25, -0.2) is 4.99 Å². The van der Waals surface area contributed by atoms with Gasteiger partial charge in [-0.1, -0.05) is 0 Å². The Hall–Kier alpha value is -1.97. The van der Waals surface area contributed by atoms with Crippen LogP contribution in [0.2, 0.25) is 0 Å². The van der Waals surface area contributed by atoms with Crippen molar-refractivity contribution < 1.29 is 9.47 Å². The lowest BCUT2D eigenvalue weighted by Gasteiger charge is -2.13. The first kappa shape index (κ1) is 10.5. The van der Waals surface area contributed by atoms with Crippen molar-refractivity contribution in [3.63, 3.8) is 0 Å². The average molecular weight is 218 g/mol. The van der Waals surface area contributed by atoms with Crippen LogP contribution in [0.25, 0.3) is 6.08 Å². The van der Waals surface area contributed by atoms with E-state index in [1.165, 1.54) is 0 Å². The van der Waals surface area contributed by atoms with Gasteiger partial charge in [-0.05, 0) is 18.2 Å². The van der Waals surface area contributed by atoms with Crippen LogP contribution in [-0.2, 0) is 6.42 Å². The third-order valence-corrected chi connectivity index (χ3v) is 2.55. The molecule has 0 saturated carbocycles. The summed E-state index contributed by atoms with van der Waals surface area (Å²) in [5.41, 5.74) is 7.76. The van der Waals surface area contributed by atoms with Gasteiger partial charge in [0.15, 0.2) is 0 Å². The molecule has 84 valence electrons. The van der Waals surface area contributed by atoms with Crippen LogP contribution in [0.1, 0.15) is 11.1 Å². The Bertz CT molecular complexity index is 464. The van der Waals surface area contributed by atoms with Crippen molar-refractivity contribution in [2.45, 2.75) is 6.42 Å². The lowest BCUT2D eigenvalue weighted by molar-refractivity contribution is 0.399. The van der Waals surface area contributed by atoms with Crippen molar-refractivity contribution in [1.29, 1.82) is 0 Å². The molecule has 0 atom stereocenters. The molecule has 4 nitrogen and oxygen atoms in total. The maximum absolute atomic E-state index is 5.77. The number of methoxy groups -OCH3 is 2. The standard InChI is InChI=1S/C12H14N2O2/c1-15-10-3-4-11(16-2)9-7-12(13)14-6-5-8(9)10/h3-6H,7H2,1-2H3,(H2,13,14). The molecule has 0 spiro atoms. The fraction of sp³-hybridized carbons (Fsp3) is 0.250. The number of hydrogen-bond acceptors (Lipinski definition) is 4. The van der Waals surface area contributed by atoms with E-state index in [0.717, 1.165) is 22.6 Å². The predicted octanol–water partition coefficient (Wildman–Crippen LogP) is 1.59. The van der Waals surface area contributed by atoms with E-state index in [9.17, 15) is 0 Å². The van der Waals surface area contributed by atoms with Crippen LogP contribution in [0.3, 0.4) is 0 Å². The summed E-state index contributed by atoms with van der Waals surface area (Å²) in [6, 6.07) is 3.76. The Labute approximate surface area is 94.4 Å². The SMILES string of the molecule is COc1ccc(OC)c2c1C=CN=C(N)C2. The summed E-state index contributed by atoms with van der Waals surface area (Å²) >= 11 is 0. The van der Waals surface area contributed by atoms with Crippen LogP contribution in [0.5, 0.6) is 11.5 Å². The summed E-state index contributed by atoms with van der Waals surface area (Å²) in [5.74, 6) is 2.18. The van der Waals surface area contributed by atoms with Gasteiger partial charge in [-0.15, -0.1) is 0 Å². The van der Waals surface area contributed by atoms with E-state index in [1.54, 1.807) is 20.4 Å². The number of rotatable bonds is 2. The topological polar surface area (TPSA) is 56.8 Å². The molecule has 0 fully saturated rings. The minimum Gasteiger partial charge on any atom is -0.496 e. The largest absolute Gasteiger partial charge is 0.496 e. The number of aliphatic imine (C=N–C) groups is 1. The van der Waals surface area contributed by atoms with E-state index < -0.39 is 0 Å². The molecule has 1 aliphatic rings. The van der Waals surface area contributed by atoms with E-state index in [0.29, 0.717) is 12.3 Å². The zero-order valence-electron chi connectivity index (χ0n) is 9.36. The van der Waals surface area contributed by atoms with Crippen molar-refractivity contribution in [2.24, 2.45) is 10.7 Å². The molecule has 2 N–H and O–H groups in total. The van der Waals surface area contributed by atoms with Gasteiger partial charge in [0.1, 0.15) is 17.3 Å². The Morgan fingerprint density at radius 1 is 1.19 bits per heavy atom. The molecule has 1 aromatic rings. The zero-order chi connectivity index (χ0) is 11.5. The van der Waals surface area contributed by atoms with Gasteiger partial charge in [0, 0.05) is 23.7 Å². The van der Waals surface area contributed by atoms with Crippen LogP contribution in [0.15, 0.2) is 23.3 Å². The molecule has 2 rings (SSSR count). The normalized spacial score (nSPS) is 13.8. The van der Waals surface area contributed by atoms with Gasteiger partial charge in [0.25, 0.3) is 0 Å². The summed E-state index contributed by atoms with van der Waals surface area (Å²) in [7, 11) is 3.29. The van der Waals surface area contributed by atoms with Crippen LogP contribution in [-0.4, -0.2) is 20.1 Å². The molecule has 0 aromatic heterocycles. The summed E-state index contributed by atoms with van der Waals surface area (Å²) in [6.07, 6.45) is 4.14. The first-order valence-electron chi connectivity index (χ1n) is 4.99. The lowest BCUT2D eigenvalue weighted by Crippen LogP contribution is -2.15. The minimum atomic E-state index is 0.571. The second-order valence-corrected chi connectivity index (χ2v) is 3.48. The molecule has 1 heterocycles. The Morgan fingerprint density at radius 3 is 2.56 bits per heavy atom. The average Bonchev–Trinajstić information content (AvgIpc) is 2.49. The van der Waals surface area contributed by atoms with Crippen LogP contribution >= 0.6 is 0 Å². The quantitative estimate of drug-likeness (QED) is 0.820. The van der Waals surface area contributed by atoms with E-state index >= 15 is 0 Å². The fourth-order valence-corrected chi connectivity index (χ4v) is 1.79. The van der Waals surface area contributed by atoms with Gasteiger partial charge in [-0.2, -0.15) is 0 Å². The van der Waals surface area contributed by atoms with E-state index in [1.807, 2.05) is 18.2 Å². The maximum atomic E-state index is 5.77. The van der Waals surface area contributed by atoms with Crippen molar-refractivity contribution in [3.8, 4) is 11.5 Å². The summed E-state index contributed by atoms with van der Waals surface area (Å²) in [6.45, 7) is 0. The highest BCUT2D eigenvalue weighted by atomic mass is 16.5. The highest BCUT2D eigenvalue weighted by Gasteiger charge is 2.15. The molecule has 0 bridgehead atoms. The number of nitrogens with zero attached hydrogens (tertiary/aromatic N) is 1. The monoisotopic (exact) mass is 218 g/mol. The van der Waals surface area contributed by atoms with Gasteiger partial charge >= 0.3 is 0 Å². The summed E-state index contributed by atoms with van der Waals surface area (Å²) in [4.78, 5) is 4.09. The van der Waals surface area contributed by atoms with E-state index in [-0.39, 0.29) is 0 Å². The summed E-state index contributed by atoms with van der Waals surface area (Å²) in [5, 5.41) is 0.